The molecule has 108 valence electrons. The van der Waals surface area contributed by atoms with Gasteiger partial charge in [-0.1, -0.05) is 6.92 Å². The van der Waals surface area contributed by atoms with Crippen molar-refractivity contribution >= 4 is 17.7 Å². The predicted octanol–water partition coefficient (Wildman–Crippen LogP) is 2.52. The highest BCUT2D eigenvalue weighted by Crippen LogP contribution is 1.99. The summed E-state index contributed by atoms with van der Waals surface area (Å²) >= 11 is 1.81. The zero-order valence-electron chi connectivity index (χ0n) is 12.1. The fourth-order valence-electron chi connectivity index (χ4n) is 1.50. The summed E-state index contributed by atoms with van der Waals surface area (Å²) < 4.78 is 5.31. The van der Waals surface area contributed by atoms with E-state index in [2.05, 4.69) is 35.7 Å². The van der Waals surface area contributed by atoms with Gasteiger partial charge >= 0.3 is 0 Å². The van der Waals surface area contributed by atoms with Gasteiger partial charge in [-0.25, -0.2) is 0 Å². The van der Waals surface area contributed by atoms with Gasteiger partial charge in [0.15, 0.2) is 5.96 Å². The summed E-state index contributed by atoms with van der Waals surface area (Å²) in [6.45, 7) is 6.00. The van der Waals surface area contributed by atoms with Crippen LogP contribution in [0.5, 0.6) is 0 Å². The van der Waals surface area contributed by atoms with Crippen LogP contribution in [-0.4, -0.2) is 37.1 Å². The number of guanidine groups is 1. The van der Waals surface area contributed by atoms with E-state index < -0.39 is 0 Å². The number of nitrogens with one attached hydrogen (secondary N) is 2. The first-order chi connectivity index (χ1) is 9.26. The molecule has 0 radical (unpaired) electrons. The zero-order chi connectivity index (χ0) is 13.9. The summed E-state index contributed by atoms with van der Waals surface area (Å²) in [5.74, 6) is 2.94. The molecule has 5 heteroatoms. The molecule has 0 saturated carbocycles. The molecule has 0 saturated heterocycles. The molecular formula is C14H25N3OS. The summed E-state index contributed by atoms with van der Waals surface area (Å²) in [6, 6.07) is 4.35. The summed E-state index contributed by atoms with van der Waals surface area (Å²) in [7, 11) is 0. The maximum absolute atomic E-state index is 5.31. The highest BCUT2D eigenvalue weighted by molar-refractivity contribution is 7.98. The molecule has 1 aromatic rings. The smallest absolute Gasteiger partial charge is 0.191 e. The topological polar surface area (TPSA) is 49.6 Å². The molecule has 1 atom stereocenters. The van der Waals surface area contributed by atoms with E-state index in [1.165, 1.54) is 0 Å². The minimum absolute atomic E-state index is 0.434. The molecule has 1 heterocycles. The second-order valence-electron chi connectivity index (χ2n) is 4.43. The van der Waals surface area contributed by atoms with Gasteiger partial charge < -0.3 is 15.1 Å². The second-order valence-corrected chi connectivity index (χ2v) is 5.42. The molecule has 1 aromatic heterocycles. The van der Waals surface area contributed by atoms with Crippen LogP contribution in [0, 0.1) is 0 Å². The van der Waals surface area contributed by atoms with Gasteiger partial charge in [-0.3, -0.25) is 4.99 Å². The van der Waals surface area contributed by atoms with Gasteiger partial charge in [-0.15, -0.1) is 0 Å². The lowest BCUT2D eigenvalue weighted by atomic mass is 10.3. The van der Waals surface area contributed by atoms with Crippen molar-refractivity contribution in [2.45, 2.75) is 32.7 Å². The molecule has 0 aliphatic rings. The van der Waals surface area contributed by atoms with E-state index in [1.807, 2.05) is 23.9 Å². The standard InChI is InChI=1S/C14H25N3OS/c1-4-12(2)17-14(16-9-11-19-3)15-8-7-13-6-5-10-18-13/h5-6,10,12H,4,7-9,11H2,1-3H3,(H2,15,16,17). The number of nitrogens with zero attached hydrogens (tertiary/aromatic N) is 1. The van der Waals surface area contributed by atoms with E-state index in [0.29, 0.717) is 6.04 Å². The number of hydrogen-bond donors (Lipinski definition) is 2. The molecule has 0 spiro atoms. The maximum Gasteiger partial charge on any atom is 0.191 e. The third-order valence-electron chi connectivity index (χ3n) is 2.80. The lowest BCUT2D eigenvalue weighted by molar-refractivity contribution is 0.506. The second kappa shape index (κ2) is 9.78. The summed E-state index contributed by atoms with van der Waals surface area (Å²) in [5, 5.41) is 6.76. The van der Waals surface area contributed by atoms with Crippen LogP contribution in [0.2, 0.25) is 0 Å². The van der Waals surface area contributed by atoms with Gasteiger partial charge in [-0.2, -0.15) is 11.8 Å². The van der Waals surface area contributed by atoms with Crippen molar-refractivity contribution in [3.63, 3.8) is 0 Å². The summed E-state index contributed by atoms with van der Waals surface area (Å²) in [6.07, 6.45) is 5.76. The van der Waals surface area contributed by atoms with Crippen molar-refractivity contribution < 1.29 is 4.42 Å². The Morgan fingerprint density at radius 3 is 3.00 bits per heavy atom. The van der Waals surface area contributed by atoms with Gasteiger partial charge in [0, 0.05) is 24.8 Å². The van der Waals surface area contributed by atoms with Gasteiger partial charge in [-0.05, 0) is 31.7 Å². The molecule has 19 heavy (non-hydrogen) atoms. The van der Waals surface area contributed by atoms with Crippen molar-refractivity contribution in [1.29, 1.82) is 0 Å². The number of furan rings is 1. The van der Waals surface area contributed by atoms with Gasteiger partial charge in [0.1, 0.15) is 5.76 Å². The van der Waals surface area contributed by atoms with Crippen LogP contribution in [0.4, 0.5) is 0 Å². The Balaban J connectivity index is 2.36. The van der Waals surface area contributed by atoms with Crippen LogP contribution < -0.4 is 10.6 Å². The predicted molar refractivity (Wildman–Crippen MR) is 84.0 cm³/mol. The van der Waals surface area contributed by atoms with Crippen molar-refractivity contribution in [2.24, 2.45) is 4.99 Å². The third-order valence-corrected chi connectivity index (χ3v) is 3.40. The molecule has 4 nitrogen and oxygen atoms in total. The quantitative estimate of drug-likeness (QED) is 0.437. The number of aliphatic imine (C=N–C) groups is 1. The van der Waals surface area contributed by atoms with Crippen molar-refractivity contribution in [3.05, 3.63) is 24.2 Å². The van der Waals surface area contributed by atoms with E-state index in [1.54, 1.807) is 6.26 Å². The number of thioether (sulfide) groups is 1. The van der Waals surface area contributed by atoms with Crippen LogP contribution in [0.3, 0.4) is 0 Å². The minimum atomic E-state index is 0.434. The number of hydrogen-bond acceptors (Lipinski definition) is 3. The Labute approximate surface area is 120 Å². The summed E-state index contributed by atoms with van der Waals surface area (Å²) in [4.78, 5) is 4.56. The van der Waals surface area contributed by atoms with E-state index in [0.717, 1.165) is 43.4 Å². The SMILES string of the molecule is CCC(C)NC(=NCCSC)NCCc1ccco1. The van der Waals surface area contributed by atoms with Gasteiger partial charge in [0.2, 0.25) is 0 Å². The Morgan fingerprint density at radius 1 is 1.53 bits per heavy atom. The van der Waals surface area contributed by atoms with E-state index >= 15 is 0 Å². The molecule has 0 amide bonds. The first-order valence-electron chi connectivity index (χ1n) is 6.82. The largest absolute Gasteiger partial charge is 0.469 e. The monoisotopic (exact) mass is 283 g/mol. The Bertz CT molecular complexity index is 352. The van der Waals surface area contributed by atoms with E-state index in [4.69, 9.17) is 4.42 Å². The zero-order valence-corrected chi connectivity index (χ0v) is 12.9. The molecule has 0 fully saturated rings. The highest BCUT2D eigenvalue weighted by atomic mass is 32.2. The Kier molecular flexibility index (Phi) is 8.21. The molecule has 0 aromatic carbocycles. The first kappa shape index (κ1) is 16.0. The number of rotatable bonds is 8. The fourth-order valence-corrected chi connectivity index (χ4v) is 1.77. The average molecular weight is 283 g/mol. The van der Waals surface area contributed by atoms with Crippen LogP contribution >= 0.6 is 11.8 Å². The van der Waals surface area contributed by atoms with Gasteiger partial charge in [0.05, 0.1) is 12.8 Å². The first-order valence-corrected chi connectivity index (χ1v) is 8.21. The van der Waals surface area contributed by atoms with E-state index in [9.17, 15) is 0 Å². The van der Waals surface area contributed by atoms with Crippen LogP contribution in [0.25, 0.3) is 0 Å². The molecule has 0 aliphatic heterocycles. The average Bonchev–Trinajstić information content (AvgIpc) is 2.91. The minimum Gasteiger partial charge on any atom is -0.469 e. The maximum atomic E-state index is 5.31. The molecular weight excluding hydrogens is 258 g/mol. The fraction of sp³-hybridized carbons (Fsp3) is 0.643. The molecule has 0 aliphatic carbocycles. The molecule has 0 bridgehead atoms. The summed E-state index contributed by atoms with van der Waals surface area (Å²) in [5.41, 5.74) is 0. The highest BCUT2D eigenvalue weighted by Gasteiger charge is 2.03. The van der Waals surface area contributed by atoms with Crippen LogP contribution in [0.1, 0.15) is 26.0 Å². The van der Waals surface area contributed by atoms with Crippen molar-refractivity contribution in [1.82, 2.24) is 10.6 Å². The molecule has 2 N–H and O–H groups in total. The van der Waals surface area contributed by atoms with Crippen molar-refractivity contribution in [2.75, 3.05) is 25.1 Å². The van der Waals surface area contributed by atoms with Crippen molar-refractivity contribution in [3.8, 4) is 0 Å². The lowest BCUT2D eigenvalue weighted by Crippen LogP contribution is -2.43. The van der Waals surface area contributed by atoms with Crippen LogP contribution in [-0.2, 0) is 6.42 Å². The Morgan fingerprint density at radius 2 is 2.37 bits per heavy atom. The molecule has 1 unspecified atom stereocenters. The molecule has 1 rings (SSSR count). The lowest BCUT2D eigenvalue weighted by Gasteiger charge is -2.16. The van der Waals surface area contributed by atoms with Crippen LogP contribution in [0.15, 0.2) is 27.8 Å². The van der Waals surface area contributed by atoms with E-state index in [-0.39, 0.29) is 0 Å². The van der Waals surface area contributed by atoms with Gasteiger partial charge in [0.25, 0.3) is 0 Å². The normalized spacial score (nSPS) is 13.3. The Hall–Kier alpha value is -1.10. The third kappa shape index (κ3) is 7.15.